The summed E-state index contributed by atoms with van der Waals surface area (Å²) >= 11 is 0. The molecule has 1 aliphatic heterocycles. The zero-order chi connectivity index (χ0) is 12.7. The highest BCUT2D eigenvalue weighted by Crippen LogP contribution is 2.07. The minimum absolute atomic E-state index is 0.0339. The SMILES string of the molecule is CCCCN(C)S(=O)(=O)NC1CCCCNC1. The maximum Gasteiger partial charge on any atom is 0.279 e. The van der Waals surface area contributed by atoms with E-state index in [0.717, 1.165) is 45.2 Å². The first-order chi connectivity index (χ1) is 8.06. The first kappa shape index (κ1) is 14.9. The summed E-state index contributed by atoms with van der Waals surface area (Å²) in [6.45, 7) is 4.37. The Morgan fingerprint density at radius 2 is 2.18 bits per heavy atom. The molecule has 0 spiro atoms. The van der Waals surface area contributed by atoms with Gasteiger partial charge in [0.2, 0.25) is 0 Å². The van der Waals surface area contributed by atoms with Gasteiger partial charge in [-0.3, -0.25) is 0 Å². The molecule has 1 heterocycles. The molecule has 1 fully saturated rings. The van der Waals surface area contributed by atoms with E-state index < -0.39 is 10.2 Å². The third-order valence-electron chi connectivity index (χ3n) is 3.10. The third-order valence-corrected chi connectivity index (χ3v) is 4.73. The first-order valence-electron chi connectivity index (χ1n) is 6.50. The summed E-state index contributed by atoms with van der Waals surface area (Å²) in [5.41, 5.74) is 0. The molecule has 0 aromatic heterocycles. The highest BCUT2D eigenvalue weighted by Gasteiger charge is 2.22. The number of unbranched alkanes of at least 4 members (excludes halogenated alkanes) is 1. The fourth-order valence-corrected chi connectivity index (χ4v) is 3.09. The minimum atomic E-state index is -3.31. The molecule has 1 aliphatic rings. The van der Waals surface area contributed by atoms with Crippen molar-refractivity contribution >= 4 is 10.2 Å². The van der Waals surface area contributed by atoms with Crippen LogP contribution in [-0.2, 0) is 10.2 Å². The lowest BCUT2D eigenvalue weighted by atomic mass is 10.2. The van der Waals surface area contributed by atoms with Gasteiger partial charge in [-0.1, -0.05) is 19.8 Å². The predicted molar refractivity (Wildman–Crippen MR) is 70.1 cm³/mol. The molecule has 0 radical (unpaired) electrons. The van der Waals surface area contributed by atoms with Crippen molar-refractivity contribution in [2.45, 2.75) is 45.1 Å². The zero-order valence-corrected chi connectivity index (χ0v) is 11.7. The quantitative estimate of drug-likeness (QED) is 0.741. The molecule has 17 heavy (non-hydrogen) atoms. The standard InChI is InChI=1S/C11H25N3O2S/c1-3-4-9-14(2)17(15,16)13-11-7-5-6-8-12-10-11/h11-13H,3-10H2,1-2H3. The van der Waals surface area contributed by atoms with Crippen LogP contribution >= 0.6 is 0 Å². The molecule has 0 bridgehead atoms. The number of hydrogen-bond donors (Lipinski definition) is 2. The molecule has 1 saturated heterocycles. The maximum atomic E-state index is 12.0. The van der Waals surface area contributed by atoms with Gasteiger partial charge in [0.15, 0.2) is 0 Å². The molecule has 0 aromatic carbocycles. The fraction of sp³-hybridized carbons (Fsp3) is 1.00. The molecule has 0 amide bonds. The molecule has 0 aromatic rings. The van der Waals surface area contributed by atoms with Gasteiger partial charge in [0.05, 0.1) is 0 Å². The summed E-state index contributed by atoms with van der Waals surface area (Å²) in [5.74, 6) is 0. The van der Waals surface area contributed by atoms with Crippen molar-refractivity contribution in [1.82, 2.24) is 14.3 Å². The van der Waals surface area contributed by atoms with Gasteiger partial charge in [-0.2, -0.15) is 17.4 Å². The minimum Gasteiger partial charge on any atom is -0.315 e. The van der Waals surface area contributed by atoms with Crippen LogP contribution in [0.3, 0.4) is 0 Å². The number of rotatable bonds is 6. The van der Waals surface area contributed by atoms with E-state index in [0.29, 0.717) is 6.54 Å². The van der Waals surface area contributed by atoms with Gasteiger partial charge in [0.25, 0.3) is 10.2 Å². The van der Waals surface area contributed by atoms with Crippen LogP contribution in [-0.4, -0.2) is 45.4 Å². The molecule has 1 rings (SSSR count). The molecular formula is C11H25N3O2S. The van der Waals surface area contributed by atoms with E-state index in [-0.39, 0.29) is 6.04 Å². The van der Waals surface area contributed by atoms with Crippen molar-refractivity contribution in [3.05, 3.63) is 0 Å². The van der Waals surface area contributed by atoms with E-state index in [1.165, 1.54) is 4.31 Å². The van der Waals surface area contributed by atoms with Crippen LogP contribution in [0, 0.1) is 0 Å². The van der Waals surface area contributed by atoms with Crippen LogP contribution in [0.1, 0.15) is 39.0 Å². The Kier molecular flexibility index (Phi) is 6.40. The van der Waals surface area contributed by atoms with Gasteiger partial charge in [-0.15, -0.1) is 0 Å². The smallest absolute Gasteiger partial charge is 0.279 e. The van der Waals surface area contributed by atoms with Crippen LogP contribution in [0.5, 0.6) is 0 Å². The zero-order valence-electron chi connectivity index (χ0n) is 10.9. The van der Waals surface area contributed by atoms with Crippen LogP contribution in [0.2, 0.25) is 0 Å². The third kappa shape index (κ3) is 5.33. The van der Waals surface area contributed by atoms with Crippen LogP contribution in [0.4, 0.5) is 0 Å². The van der Waals surface area contributed by atoms with E-state index in [1.807, 2.05) is 0 Å². The van der Waals surface area contributed by atoms with Crippen molar-refractivity contribution < 1.29 is 8.42 Å². The van der Waals surface area contributed by atoms with E-state index in [4.69, 9.17) is 0 Å². The van der Waals surface area contributed by atoms with Gasteiger partial charge in [0.1, 0.15) is 0 Å². The Labute approximate surface area is 105 Å². The molecule has 5 nitrogen and oxygen atoms in total. The topological polar surface area (TPSA) is 61.4 Å². The Hall–Kier alpha value is -0.170. The molecule has 102 valence electrons. The lowest BCUT2D eigenvalue weighted by molar-refractivity contribution is 0.432. The van der Waals surface area contributed by atoms with Gasteiger partial charge in [0, 0.05) is 26.2 Å². The second-order valence-electron chi connectivity index (χ2n) is 4.69. The normalized spacial score (nSPS) is 22.6. The van der Waals surface area contributed by atoms with E-state index in [1.54, 1.807) is 7.05 Å². The van der Waals surface area contributed by atoms with Crippen molar-refractivity contribution in [3.63, 3.8) is 0 Å². The average Bonchev–Trinajstić information content (AvgIpc) is 2.53. The van der Waals surface area contributed by atoms with Crippen LogP contribution < -0.4 is 10.0 Å². The number of hydrogen-bond acceptors (Lipinski definition) is 3. The Morgan fingerprint density at radius 1 is 1.41 bits per heavy atom. The second-order valence-corrected chi connectivity index (χ2v) is 6.50. The Bertz CT molecular complexity index is 298. The fourth-order valence-electron chi connectivity index (χ4n) is 1.92. The van der Waals surface area contributed by atoms with Crippen molar-refractivity contribution in [2.75, 3.05) is 26.7 Å². The van der Waals surface area contributed by atoms with E-state index >= 15 is 0 Å². The summed E-state index contributed by atoms with van der Waals surface area (Å²) in [6, 6.07) is 0.0339. The first-order valence-corrected chi connectivity index (χ1v) is 7.94. The van der Waals surface area contributed by atoms with Crippen molar-refractivity contribution in [3.8, 4) is 0 Å². The largest absolute Gasteiger partial charge is 0.315 e. The number of nitrogens with one attached hydrogen (secondary N) is 2. The molecular weight excluding hydrogens is 238 g/mol. The predicted octanol–water partition coefficient (Wildman–Crippen LogP) is 0.695. The molecule has 2 N–H and O–H groups in total. The average molecular weight is 263 g/mol. The Balaban J connectivity index is 2.46. The molecule has 6 heteroatoms. The Morgan fingerprint density at radius 3 is 2.88 bits per heavy atom. The monoisotopic (exact) mass is 263 g/mol. The van der Waals surface area contributed by atoms with Crippen molar-refractivity contribution in [2.24, 2.45) is 0 Å². The highest BCUT2D eigenvalue weighted by atomic mass is 32.2. The summed E-state index contributed by atoms with van der Waals surface area (Å²) in [7, 11) is -1.66. The lowest BCUT2D eigenvalue weighted by Crippen LogP contribution is -2.47. The summed E-state index contributed by atoms with van der Waals surface area (Å²) in [4.78, 5) is 0. The van der Waals surface area contributed by atoms with Gasteiger partial charge in [-0.25, -0.2) is 0 Å². The summed E-state index contributed by atoms with van der Waals surface area (Å²) in [5, 5.41) is 3.26. The van der Waals surface area contributed by atoms with E-state index in [2.05, 4.69) is 17.0 Å². The van der Waals surface area contributed by atoms with E-state index in [9.17, 15) is 8.42 Å². The molecule has 1 unspecified atom stereocenters. The van der Waals surface area contributed by atoms with Gasteiger partial charge >= 0.3 is 0 Å². The maximum absolute atomic E-state index is 12.0. The lowest BCUT2D eigenvalue weighted by Gasteiger charge is -2.22. The molecule has 0 saturated carbocycles. The summed E-state index contributed by atoms with van der Waals surface area (Å²) in [6.07, 6.45) is 5.04. The van der Waals surface area contributed by atoms with Crippen LogP contribution in [0.25, 0.3) is 0 Å². The van der Waals surface area contributed by atoms with Gasteiger partial charge < -0.3 is 5.32 Å². The van der Waals surface area contributed by atoms with Crippen LogP contribution in [0.15, 0.2) is 0 Å². The molecule has 0 aliphatic carbocycles. The number of nitrogens with zero attached hydrogens (tertiary/aromatic N) is 1. The summed E-state index contributed by atoms with van der Waals surface area (Å²) < 4.78 is 28.2. The van der Waals surface area contributed by atoms with Crippen molar-refractivity contribution in [1.29, 1.82) is 0 Å². The van der Waals surface area contributed by atoms with Gasteiger partial charge in [-0.05, 0) is 25.8 Å². The second kappa shape index (κ2) is 7.31. The molecule has 1 atom stereocenters. The highest BCUT2D eigenvalue weighted by molar-refractivity contribution is 7.87.